The van der Waals surface area contributed by atoms with Gasteiger partial charge in [-0.25, -0.2) is 8.42 Å². The Morgan fingerprint density at radius 1 is 1.16 bits per heavy atom. The van der Waals surface area contributed by atoms with E-state index < -0.39 is 10.0 Å². The number of fused-ring (bicyclic) bond motifs is 3. The van der Waals surface area contributed by atoms with E-state index in [1.807, 2.05) is 13.8 Å². The summed E-state index contributed by atoms with van der Waals surface area (Å²) in [4.78, 5) is 12.4. The lowest BCUT2D eigenvalue weighted by molar-refractivity contribution is -0.119. The highest BCUT2D eigenvalue weighted by molar-refractivity contribution is 7.93. The van der Waals surface area contributed by atoms with Gasteiger partial charge < -0.3 is 5.32 Å². The molecule has 0 radical (unpaired) electrons. The first-order valence-corrected chi connectivity index (χ1v) is 9.81. The zero-order chi connectivity index (χ0) is 18.2. The summed E-state index contributed by atoms with van der Waals surface area (Å²) < 4.78 is 27.2. The van der Waals surface area contributed by atoms with Crippen molar-refractivity contribution in [2.75, 3.05) is 17.4 Å². The van der Waals surface area contributed by atoms with Gasteiger partial charge in [-0.1, -0.05) is 43.6 Å². The molecule has 1 aliphatic rings. The van der Waals surface area contributed by atoms with E-state index in [2.05, 4.69) is 5.32 Å². The summed E-state index contributed by atoms with van der Waals surface area (Å²) in [5.74, 6) is -0.0497. The molecular weight excluding hydrogens is 360 g/mol. The van der Waals surface area contributed by atoms with Gasteiger partial charge in [-0.2, -0.15) is 0 Å². The smallest absolute Gasteiger partial charge is 0.265 e. The number of halogens is 1. The molecule has 1 heterocycles. The minimum absolute atomic E-state index is 0.182. The maximum absolute atomic E-state index is 13.0. The Bertz CT molecular complexity index is 926. The molecule has 0 fully saturated rings. The Morgan fingerprint density at radius 3 is 2.60 bits per heavy atom. The summed E-state index contributed by atoms with van der Waals surface area (Å²) >= 11 is 6.10. The van der Waals surface area contributed by atoms with Crippen molar-refractivity contribution in [1.29, 1.82) is 0 Å². The highest BCUT2D eigenvalue weighted by Gasteiger charge is 2.35. The van der Waals surface area contributed by atoms with Crippen LogP contribution in [-0.2, 0) is 14.8 Å². The van der Waals surface area contributed by atoms with Crippen LogP contribution in [0.2, 0.25) is 5.02 Å². The molecule has 1 aliphatic heterocycles. The first kappa shape index (κ1) is 17.8. The van der Waals surface area contributed by atoms with Crippen LogP contribution in [0.5, 0.6) is 0 Å². The van der Waals surface area contributed by atoms with E-state index >= 15 is 0 Å². The van der Waals surface area contributed by atoms with Gasteiger partial charge in [0.15, 0.2) is 0 Å². The minimum Gasteiger partial charge on any atom is -0.354 e. The van der Waals surface area contributed by atoms with Crippen LogP contribution >= 0.6 is 11.6 Å². The largest absolute Gasteiger partial charge is 0.354 e. The quantitative estimate of drug-likeness (QED) is 0.887. The average Bonchev–Trinajstić information content (AvgIpc) is 2.57. The molecule has 0 saturated carbocycles. The van der Waals surface area contributed by atoms with Crippen molar-refractivity contribution in [1.82, 2.24) is 5.32 Å². The fraction of sp³-hybridized carbons (Fsp3) is 0.278. The molecule has 0 unspecified atom stereocenters. The molecule has 0 spiro atoms. The van der Waals surface area contributed by atoms with Crippen molar-refractivity contribution >= 4 is 33.2 Å². The zero-order valence-electron chi connectivity index (χ0n) is 14.0. The number of nitrogens with one attached hydrogen (secondary N) is 1. The van der Waals surface area contributed by atoms with Gasteiger partial charge in [0.25, 0.3) is 10.0 Å². The molecular formula is C18H19ClN2O3S. The molecule has 1 N–H and O–H groups in total. The SMILES string of the molecule is CC(C)CNC(=O)CN1c2ccc(Cl)cc2-c2ccccc2S1(=O)=O. The Labute approximate surface area is 152 Å². The van der Waals surface area contributed by atoms with E-state index in [9.17, 15) is 13.2 Å². The number of amides is 1. The maximum Gasteiger partial charge on any atom is 0.265 e. The number of nitrogens with zero attached hydrogens (tertiary/aromatic N) is 1. The molecule has 2 aromatic carbocycles. The van der Waals surface area contributed by atoms with Crippen LogP contribution in [0.25, 0.3) is 11.1 Å². The number of carbonyl (C=O) groups excluding carboxylic acids is 1. The van der Waals surface area contributed by atoms with Crippen molar-refractivity contribution in [3.05, 3.63) is 47.5 Å². The second-order valence-electron chi connectivity index (χ2n) is 6.37. The standard InChI is InChI=1S/C18H19ClN2O3S/c1-12(2)10-20-18(22)11-21-16-8-7-13(19)9-15(16)14-5-3-4-6-17(14)25(21,23)24/h3-9,12H,10-11H2,1-2H3,(H,20,22). The second-order valence-corrected chi connectivity index (χ2v) is 8.63. The Hall–Kier alpha value is -2.05. The highest BCUT2D eigenvalue weighted by atomic mass is 35.5. The van der Waals surface area contributed by atoms with Gasteiger partial charge in [-0.3, -0.25) is 9.10 Å². The molecule has 0 aromatic heterocycles. The number of hydrogen-bond acceptors (Lipinski definition) is 3. The van der Waals surface area contributed by atoms with Crippen LogP contribution < -0.4 is 9.62 Å². The fourth-order valence-corrected chi connectivity index (χ4v) is 4.60. The van der Waals surface area contributed by atoms with E-state index in [1.54, 1.807) is 42.5 Å². The number of rotatable bonds is 4. The predicted molar refractivity (Wildman–Crippen MR) is 99.3 cm³/mol. The first-order valence-electron chi connectivity index (χ1n) is 7.99. The van der Waals surface area contributed by atoms with E-state index in [0.717, 1.165) is 4.31 Å². The molecule has 7 heteroatoms. The third kappa shape index (κ3) is 3.37. The lowest BCUT2D eigenvalue weighted by Gasteiger charge is -2.31. The van der Waals surface area contributed by atoms with Crippen LogP contribution in [0.4, 0.5) is 5.69 Å². The van der Waals surface area contributed by atoms with Gasteiger partial charge in [0.05, 0.1) is 10.6 Å². The summed E-state index contributed by atoms with van der Waals surface area (Å²) in [5.41, 5.74) is 1.76. The molecule has 0 aliphatic carbocycles. The van der Waals surface area contributed by atoms with Gasteiger partial charge >= 0.3 is 0 Å². The number of sulfonamides is 1. The van der Waals surface area contributed by atoms with Gasteiger partial charge in [0.2, 0.25) is 5.91 Å². The summed E-state index contributed by atoms with van der Waals surface area (Å²) in [6.07, 6.45) is 0. The molecule has 0 bridgehead atoms. The van der Waals surface area contributed by atoms with Crippen molar-refractivity contribution in [3.63, 3.8) is 0 Å². The minimum atomic E-state index is -3.81. The van der Waals surface area contributed by atoms with Crippen LogP contribution in [0, 0.1) is 5.92 Å². The van der Waals surface area contributed by atoms with Crippen LogP contribution in [0.1, 0.15) is 13.8 Å². The Morgan fingerprint density at radius 2 is 1.88 bits per heavy atom. The zero-order valence-corrected chi connectivity index (χ0v) is 15.6. The van der Waals surface area contributed by atoms with Gasteiger partial charge in [-0.05, 0) is 30.2 Å². The molecule has 132 valence electrons. The third-order valence-corrected chi connectivity index (χ3v) is 6.02. The summed E-state index contributed by atoms with van der Waals surface area (Å²) in [5, 5.41) is 3.27. The second kappa shape index (κ2) is 6.69. The maximum atomic E-state index is 13.0. The molecule has 3 rings (SSSR count). The van der Waals surface area contributed by atoms with E-state index in [1.165, 1.54) is 0 Å². The number of anilines is 1. The number of hydrogen-bond donors (Lipinski definition) is 1. The molecule has 2 aromatic rings. The van der Waals surface area contributed by atoms with Gasteiger partial charge in [0, 0.05) is 22.7 Å². The van der Waals surface area contributed by atoms with E-state index in [4.69, 9.17) is 11.6 Å². The van der Waals surface area contributed by atoms with Gasteiger partial charge in [0.1, 0.15) is 6.54 Å². The van der Waals surface area contributed by atoms with E-state index in [0.29, 0.717) is 28.4 Å². The number of benzene rings is 2. The van der Waals surface area contributed by atoms with Crippen molar-refractivity contribution in [2.45, 2.75) is 18.7 Å². The summed E-state index contributed by atoms with van der Waals surface area (Å²) in [6.45, 7) is 4.19. The van der Waals surface area contributed by atoms with Crippen molar-refractivity contribution in [2.24, 2.45) is 5.92 Å². The molecule has 5 nitrogen and oxygen atoms in total. The van der Waals surface area contributed by atoms with Crippen molar-refractivity contribution in [3.8, 4) is 11.1 Å². The Kier molecular flexibility index (Phi) is 4.75. The average molecular weight is 379 g/mol. The van der Waals surface area contributed by atoms with E-state index in [-0.39, 0.29) is 23.3 Å². The lowest BCUT2D eigenvalue weighted by Crippen LogP contribution is -2.43. The van der Waals surface area contributed by atoms with Crippen LogP contribution in [0.15, 0.2) is 47.4 Å². The Balaban J connectivity index is 2.06. The fourth-order valence-electron chi connectivity index (χ4n) is 2.78. The molecule has 25 heavy (non-hydrogen) atoms. The van der Waals surface area contributed by atoms with Crippen LogP contribution in [-0.4, -0.2) is 27.4 Å². The van der Waals surface area contributed by atoms with Gasteiger partial charge in [-0.15, -0.1) is 0 Å². The molecule has 0 saturated heterocycles. The normalized spacial score (nSPS) is 14.8. The van der Waals surface area contributed by atoms with Crippen molar-refractivity contribution < 1.29 is 13.2 Å². The summed E-state index contributed by atoms with van der Waals surface area (Å²) in [6, 6.07) is 11.7. The number of carbonyl (C=O) groups is 1. The third-order valence-electron chi connectivity index (χ3n) is 3.97. The summed E-state index contributed by atoms with van der Waals surface area (Å²) in [7, 11) is -3.81. The van der Waals surface area contributed by atoms with Crippen LogP contribution in [0.3, 0.4) is 0 Å². The first-order chi connectivity index (χ1) is 11.8. The topological polar surface area (TPSA) is 66.5 Å². The monoisotopic (exact) mass is 378 g/mol. The highest BCUT2D eigenvalue weighted by Crippen LogP contribution is 2.43. The molecule has 1 amide bonds. The molecule has 0 atom stereocenters. The lowest BCUT2D eigenvalue weighted by atomic mass is 10.0. The predicted octanol–water partition coefficient (Wildman–Crippen LogP) is 3.29.